The zero-order valence-corrected chi connectivity index (χ0v) is 13.7. The van der Waals surface area contributed by atoms with E-state index in [1.807, 2.05) is 42.5 Å². The van der Waals surface area contributed by atoms with Gasteiger partial charge in [-0.15, -0.1) is 0 Å². The highest BCUT2D eigenvalue weighted by molar-refractivity contribution is 5.98. The van der Waals surface area contributed by atoms with Crippen molar-refractivity contribution in [3.63, 3.8) is 0 Å². The van der Waals surface area contributed by atoms with Crippen molar-refractivity contribution in [2.24, 2.45) is 5.92 Å². The van der Waals surface area contributed by atoms with Gasteiger partial charge in [0, 0.05) is 11.5 Å². The molecule has 1 heteroatoms. The third-order valence-corrected chi connectivity index (χ3v) is 4.21. The second-order valence-corrected chi connectivity index (χ2v) is 6.06. The highest BCUT2D eigenvalue weighted by Gasteiger charge is 2.14. The van der Waals surface area contributed by atoms with Crippen molar-refractivity contribution in [2.45, 2.75) is 46.0 Å². The van der Waals surface area contributed by atoms with Gasteiger partial charge in [-0.05, 0) is 17.5 Å². The number of hydrogen-bond donors (Lipinski definition) is 0. The topological polar surface area (TPSA) is 17.1 Å². The fourth-order valence-corrected chi connectivity index (χ4v) is 2.75. The molecule has 0 aliphatic carbocycles. The molecule has 1 atom stereocenters. The average Bonchev–Trinajstić information content (AvgIpc) is 2.59. The highest BCUT2D eigenvalue weighted by atomic mass is 16.1. The fraction of sp³-hybridized carbons (Fsp3) is 0.381. The van der Waals surface area contributed by atoms with E-state index in [0.717, 1.165) is 24.0 Å². The van der Waals surface area contributed by atoms with Crippen LogP contribution in [0.4, 0.5) is 0 Å². The van der Waals surface area contributed by atoms with Crippen LogP contribution in [-0.2, 0) is 0 Å². The molecule has 0 fully saturated rings. The summed E-state index contributed by atoms with van der Waals surface area (Å²) in [7, 11) is 0. The lowest BCUT2D eigenvalue weighted by atomic mass is 9.93. The van der Waals surface area contributed by atoms with Gasteiger partial charge < -0.3 is 0 Å². The van der Waals surface area contributed by atoms with Crippen molar-refractivity contribution in [3.05, 3.63) is 60.2 Å². The molecule has 1 nitrogen and oxygen atoms in total. The minimum Gasteiger partial charge on any atom is -0.294 e. The number of carbonyl (C=O) groups excluding carboxylic acids is 1. The minimum absolute atomic E-state index is 0.124. The molecule has 0 aliphatic heterocycles. The van der Waals surface area contributed by atoms with E-state index in [1.54, 1.807) is 0 Å². The Bertz CT molecular complexity index is 569. The van der Waals surface area contributed by atoms with Crippen molar-refractivity contribution in [3.8, 4) is 11.1 Å². The van der Waals surface area contributed by atoms with E-state index in [9.17, 15) is 4.79 Å². The first-order valence-electron chi connectivity index (χ1n) is 8.42. The van der Waals surface area contributed by atoms with Crippen molar-refractivity contribution in [1.29, 1.82) is 0 Å². The van der Waals surface area contributed by atoms with E-state index in [2.05, 4.69) is 26.0 Å². The Hall–Kier alpha value is -1.89. The normalized spacial score (nSPS) is 12.1. The maximum absolute atomic E-state index is 12.5. The van der Waals surface area contributed by atoms with Gasteiger partial charge in [-0.2, -0.15) is 0 Å². The highest BCUT2D eigenvalue weighted by Crippen LogP contribution is 2.21. The fourth-order valence-electron chi connectivity index (χ4n) is 2.75. The third-order valence-electron chi connectivity index (χ3n) is 4.21. The largest absolute Gasteiger partial charge is 0.294 e. The number of carbonyl (C=O) groups is 1. The predicted octanol–water partition coefficient (Wildman–Crippen LogP) is 6.14. The molecular formula is C21H26O. The van der Waals surface area contributed by atoms with Crippen LogP contribution < -0.4 is 0 Å². The second kappa shape index (κ2) is 8.53. The maximum Gasteiger partial charge on any atom is 0.165 e. The molecular weight excluding hydrogens is 268 g/mol. The summed E-state index contributed by atoms with van der Waals surface area (Å²) in [4.78, 5) is 12.5. The van der Waals surface area contributed by atoms with E-state index in [4.69, 9.17) is 0 Å². The molecule has 0 saturated heterocycles. The first kappa shape index (κ1) is 16.5. The Labute approximate surface area is 134 Å². The quantitative estimate of drug-likeness (QED) is 0.422. The van der Waals surface area contributed by atoms with Crippen LogP contribution in [0.1, 0.15) is 56.3 Å². The first-order chi connectivity index (χ1) is 10.7. The van der Waals surface area contributed by atoms with Gasteiger partial charge in [0.25, 0.3) is 0 Å². The zero-order valence-electron chi connectivity index (χ0n) is 13.7. The van der Waals surface area contributed by atoms with Crippen LogP contribution in [0.15, 0.2) is 54.6 Å². The lowest BCUT2D eigenvalue weighted by Gasteiger charge is -2.11. The number of Topliss-reactive ketones (excluding diaryl/α,β-unsaturated/α-hetero) is 1. The van der Waals surface area contributed by atoms with Gasteiger partial charge in [0.15, 0.2) is 5.78 Å². The molecule has 0 spiro atoms. The molecule has 1 unspecified atom stereocenters. The molecule has 2 aromatic carbocycles. The number of ketones is 1. The van der Waals surface area contributed by atoms with Crippen molar-refractivity contribution >= 4 is 5.78 Å². The molecule has 116 valence electrons. The van der Waals surface area contributed by atoms with Crippen molar-refractivity contribution < 1.29 is 4.79 Å². The number of hydrogen-bond acceptors (Lipinski definition) is 1. The molecule has 0 amide bonds. The van der Waals surface area contributed by atoms with Crippen LogP contribution in [0, 0.1) is 5.92 Å². The monoisotopic (exact) mass is 294 g/mol. The Kier molecular flexibility index (Phi) is 6.39. The summed E-state index contributed by atoms with van der Waals surface area (Å²) in [6, 6.07) is 18.3. The summed E-state index contributed by atoms with van der Waals surface area (Å²) < 4.78 is 0. The lowest BCUT2D eigenvalue weighted by molar-refractivity contribution is 0.0922. The van der Waals surface area contributed by atoms with Crippen LogP contribution in [-0.4, -0.2) is 5.78 Å². The molecule has 0 N–H and O–H groups in total. The van der Waals surface area contributed by atoms with Gasteiger partial charge in [0.2, 0.25) is 0 Å². The van der Waals surface area contributed by atoms with Crippen molar-refractivity contribution in [2.75, 3.05) is 0 Å². The number of benzene rings is 2. The molecule has 0 bridgehead atoms. The molecule has 2 rings (SSSR count). The average molecular weight is 294 g/mol. The summed E-state index contributed by atoms with van der Waals surface area (Å²) in [6.07, 6.45) is 5.90. The van der Waals surface area contributed by atoms with Crippen LogP contribution in [0.25, 0.3) is 11.1 Å². The van der Waals surface area contributed by atoms with Gasteiger partial charge in [-0.3, -0.25) is 4.79 Å². The molecule has 0 aromatic heterocycles. The molecule has 0 saturated carbocycles. The molecule has 0 heterocycles. The second-order valence-electron chi connectivity index (χ2n) is 6.06. The predicted molar refractivity (Wildman–Crippen MR) is 94.1 cm³/mol. The van der Waals surface area contributed by atoms with Gasteiger partial charge >= 0.3 is 0 Å². The lowest BCUT2D eigenvalue weighted by Crippen LogP contribution is -2.11. The van der Waals surface area contributed by atoms with E-state index < -0.39 is 0 Å². The van der Waals surface area contributed by atoms with Crippen LogP contribution in [0.5, 0.6) is 0 Å². The Morgan fingerprint density at radius 2 is 1.50 bits per heavy atom. The minimum atomic E-state index is 0.124. The van der Waals surface area contributed by atoms with E-state index >= 15 is 0 Å². The van der Waals surface area contributed by atoms with Gasteiger partial charge in [0.05, 0.1) is 0 Å². The molecule has 22 heavy (non-hydrogen) atoms. The van der Waals surface area contributed by atoms with E-state index in [1.165, 1.54) is 24.8 Å². The van der Waals surface area contributed by atoms with Gasteiger partial charge in [0.1, 0.15) is 0 Å². The Morgan fingerprint density at radius 3 is 2.14 bits per heavy atom. The Balaban J connectivity index is 1.96. The van der Waals surface area contributed by atoms with Crippen LogP contribution >= 0.6 is 0 Å². The molecule has 0 aliphatic rings. The van der Waals surface area contributed by atoms with Gasteiger partial charge in [-0.1, -0.05) is 94.1 Å². The Morgan fingerprint density at radius 1 is 0.864 bits per heavy atom. The summed E-state index contributed by atoms with van der Waals surface area (Å²) in [6.45, 7) is 4.27. The smallest absolute Gasteiger partial charge is 0.165 e. The zero-order chi connectivity index (χ0) is 15.8. The molecule has 2 aromatic rings. The first-order valence-corrected chi connectivity index (χ1v) is 8.42. The van der Waals surface area contributed by atoms with Crippen LogP contribution in [0.2, 0.25) is 0 Å². The van der Waals surface area contributed by atoms with E-state index in [0.29, 0.717) is 0 Å². The SMILES string of the molecule is CCCCCCC(C)C(=O)c1ccc(-c2ccccc2)cc1. The van der Waals surface area contributed by atoms with Crippen LogP contribution in [0.3, 0.4) is 0 Å². The standard InChI is InChI=1S/C21H26O/c1-3-4-5-7-10-17(2)21(22)20-15-13-19(14-16-20)18-11-8-6-9-12-18/h6,8-9,11-17H,3-5,7,10H2,1-2H3. The number of rotatable bonds is 8. The summed E-state index contributed by atoms with van der Waals surface area (Å²) in [5, 5.41) is 0. The van der Waals surface area contributed by atoms with Gasteiger partial charge in [-0.25, -0.2) is 0 Å². The number of unbranched alkanes of at least 4 members (excludes halogenated alkanes) is 3. The molecule has 0 radical (unpaired) electrons. The summed E-state index contributed by atoms with van der Waals surface area (Å²) in [5.74, 6) is 0.399. The maximum atomic E-state index is 12.5. The van der Waals surface area contributed by atoms with Crippen molar-refractivity contribution in [1.82, 2.24) is 0 Å². The summed E-state index contributed by atoms with van der Waals surface area (Å²) >= 11 is 0. The third kappa shape index (κ3) is 4.56. The summed E-state index contributed by atoms with van der Waals surface area (Å²) in [5.41, 5.74) is 3.18. The van der Waals surface area contributed by atoms with E-state index in [-0.39, 0.29) is 11.7 Å².